The Morgan fingerprint density at radius 2 is 1.22 bits per heavy atom. The molecule has 0 aliphatic carbocycles. The molecule has 0 spiro atoms. The van der Waals surface area contributed by atoms with Crippen molar-refractivity contribution in [3.63, 3.8) is 0 Å². The molecule has 0 aliphatic rings. The van der Waals surface area contributed by atoms with Gasteiger partial charge in [-0.2, -0.15) is 0 Å². The fourth-order valence-corrected chi connectivity index (χ4v) is 2.21. The number of hydrogen-bond donors (Lipinski definition) is 0. The van der Waals surface area contributed by atoms with E-state index < -0.39 is 0 Å². The maximum atomic E-state index is 13.1. The molecule has 0 bridgehead atoms. The van der Waals surface area contributed by atoms with E-state index in [2.05, 4.69) is 4.99 Å². The standard InChI is InChI=1S/C20H14FNO/c21-17-11-13-18(14-12-17)22-19(15-7-3-1-4-8-15)20(23)16-9-5-2-6-10-16/h1-14H. The zero-order valence-electron chi connectivity index (χ0n) is 12.3. The number of Topliss-reactive ketones (excluding diaryl/α,β-unsaturated/α-hetero) is 1. The highest BCUT2D eigenvalue weighted by Crippen LogP contribution is 2.17. The lowest BCUT2D eigenvalue weighted by Crippen LogP contribution is -2.15. The summed E-state index contributed by atoms with van der Waals surface area (Å²) in [6.45, 7) is 0. The quantitative estimate of drug-likeness (QED) is 0.501. The van der Waals surface area contributed by atoms with E-state index in [9.17, 15) is 9.18 Å². The van der Waals surface area contributed by atoms with Gasteiger partial charge >= 0.3 is 0 Å². The van der Waals surface area contributed by atoms with Crippen LogP contribution in [0.3, 0.4) is 0 Å². The summed E-state index contributed by atoms with van der Waals surface area (Å²) in [5.74, 6) is -0.499. The van der Waals surface area contributed by atoms with Crippen LogP contribution in [0.15, 0.2) is 89.9 Å². The molecule has 0 aliphatic heterocycles. The van der Waals surface area contributed by atoms with Gasteiger partial charge in [-0.15, -0.1) is 0 Å². The van der Waals surface area contributed by atoms with Crippen LogP contribution in [-0.2, 0) is 0 Å². The Labute approximate surface area is 133 Å². The predicted octanol–water partition coefficient (Wildman–Crippen LogP) is 4.83. The first-order valence-corrected chi connectivity index (χ1v) is 7.23. The molecular formula is C20H14FNO. The number of nitrogens with zero attached hydrogens (tertiary/aromatic N) is 1. The Hall–Kier alpha value is -3.07. The maximum Gasteiger partial charge on any atom is 0.211 e. The number of ketones is 1. The first kappa shape index (κ1) is 14.9. The number of halogens is 1. The Balaban J connectivity index is 2.07. The molecule has 112 valence electrons. The van der Waals surface area contributed by atoms with E-state index >= 15 is 0 Å². The van der Waals surface area contributed by atoms with Crippen molar-refractivity contribution in [2.45, 2.75) is 0 Å². The van der Waals surface area contributed by atoms with Gasteiger partial charge in [0.2, 0.25) is 5.78 Å². The molecule has 2 nitrogen and oxygen atoms in total. The maximum absolute atomic E-state index is 13.1. The van der Waals surface area contributed by atoms with E-state index in [1.807, 2.05) is 48.5 Å². The topological polar surface area (TPSA) is 29.4 Å². The Morgan fingerprint density at radius 1 is 0.696 bits per heavy atom. The van der Waals surface area contributed by atoms with E-state index in [0.29, 0.717) is 17.0 Å². The van der Waals surface area contributed by atoms with Crippen molar-refractivity contribution < 1.29 is 9.18 Å². The lowest BCUT2D eigenvalue weighted by molar-refractivity contribution is 0.106. The van der Waals surface area contributed by atoms with Gasteiger partial charge in [0.25, 0.3) is 0 Å². The van der Waals surface area contributed by atoms with Crippen LogP contribution >= 0.6 is 0 Å². The summed E-state index contributed by atoms with van der Waals surface area (Å²) in [6, 6.07) is 24.0. The lowest BCUT2D eigenvalue weighted by atomic mass is 10.0. The van der Waals surface area contributed by atoms with Crippen LogP contribution in [0.25, 0.3) is 0 Å². The second-order valence-corrected chi connectivity index (χ2v) is 5.00. The second kappa shape index (κ2) is 6.79. The normalized spacial score (nSPS) is 11.3. The van der Waals surface area contributed by atoms with Crippen LogP contribution in [0.5, 0.6) is 0 Å². The average Bonchev–Trinajstić information content (AvgIpc) is 2.62. The molecule has 0 N–H and O–H groups in total. The van der Waals surface area contributed by atoms with Crippen molar-refractivity contribution in [3.05, 3.63) is 102 Å². The zero-order chi connectivity index (χ0) is 16.1. The Kier molecular flexibility index (Phi) is 4.39. The van der Waals surface area contributed by atoms with Crippen molar-refractivity contribution in [1.82, 2.24) is 0 Å². The van der Waals surface area contributed by atoms with Gasteiger partial charge in [0.15, 0.2) is 0 Å². The van der Waals surface area contributed by atoms with Gasteiger partial charge in [0, 0.05) is 11.1 Å². The molecule has 0 radical (unpaired) electrons. The largest absolute Gasteiger partial charge is 0.287 e. The summed E-state index contributed by atoms with van der Waals surface area (Å²) < 4.78 is 13.1. The molecule has 3 aromatic rings. The van der Waals surface area contributed by atoms with Crippen molar-refractivity contribution in [2.24, 2.45) is 4.99 Å². The molecule has 0 fully saturated rings. The third-order valence-corrected chi connectivity index (χ3v) is 3.37. The van der Waals surface area contributed by atoms with Crippen LogP contribution in [0.1, 0.15) is 15.9 Å². The summed E-state index contributed by atoms with van der Waals surface area (Å²) in [7, 11) is 0. The molecule has 3 rings (SSSR count). The van der Waals surface area contributed by atoms with Gasteiger partial charge in [-0.3, -0.25) is 4.79 Å². The van der Waals surface area contributed by atoms with Crippen molar-refractivity contribution >= 4 is 17.2 Å². The number of hydrogen-bond acceptors (Lipinski definition) is 2. The third-order valence-electron chi connectivity index (χ3n) is 3.37. The van der Waals surface area contributed by atoms with Gasteiger partial charge in [-0.05, 0) is 24.3 Å². The highest BCUT2D eigenvalue weighted by Gasteiger charge is 2.16. The average molecular weight is 303 g/mol. The van der Waals surface area contributed by atoms with Gasteiger partial charge < -0.3 is 0 Å². The van der Waals surface area contributed by atoms with Gasteiger partial charge in [-0.1, -0.05) is 60.7 Å². The van der Waals surface area contributed by atoms with Crippen LogP contribution in [-0.4, -0.2) is 11.5 Å². The minimum Gasteiger partial charge on any atom is -0.287 e. The van der Waals surface area contributed by atoms with Crippen LogP contribution < -0.4 is 0 Å². The summed E-state index contributed by atoms with van der Waals surface area (Å²) >= 11 is 0. The molecule has 3 aromatic carbocycles. The smallest absolute Gasteiger partial charge is 0.211 e. The molecule has 0 unspecified atom stereocenters. The molecule has 0 saturated carbocycles. The van der Waals surface area contributed by atoms with Gasteiger partial charge in [0.05, 0.1) is 5.69 Å². The molecule has 3 heteroatoms. The minimum atomic E-state index is -0.334. The summed E-state index contributed by atoms with van der Waals surface area (Å²) in [6.07, 6.45) is 0. The van der Waals surface area contributed by atoms with Crippen molar-refractivity contribution in [3.8, 4) is 0 Å². The predicted molar refractivity (Wildman–Crippen MR) is 89.8 cm³/mol. The number of carbonyl (C=O) groups excluding carboxylic acids is 1. The second-order valence-electron chi connectivity index (χ2n) is 5.00. The van der Waals surface area contributed by atoms with Crippen molar-refractivity contribution in [1.29, 1.82) is 0 Å². The molecule has 0 heterocycles. The molecule has 0 saturated heterocycles. The molecule has 0 aromatic heterocycles. The number of rotatable bonds is 4. The number of benzene rings is 3. The first-order chi connectivity index (χ1) is 11.2. The number of aliphatic imine (C=N–C) groups is 1. The third kappa shape index (κ3) is 3.58. The van der Waals surface area contributed by atoms with Crippen LogP contribution in [0.2, 0.25) is 0 Å². The fourth-order valence-electron chi connectivity index (χ4n) is 2.21. The number of carbonyl (C=O) groups is 1. The first-order valence-electron chi connectivity index (χ1n) is 7.23. The highest BCUT2D eigenvalue weighted by atomic mass is 19.1. The summed E-state index contributed by atoms with van der Waals surface area (Å²) in [4.78, 5) is 17.3. The molecule has 0 atom stereocenters. The molecule has 0 amide bonds. The van der Waals surface area contributed by atoms with E-state index in [1.54, 1.807) is 24.3 Å². The van der Waals surface area contributed by atoms with Crippen LogP contribution in [0, 0.1) is 5.82 Å². The van der Waals surface area contributed by atoms with E-state index in [-0.39, 0.29) is 11.6 Å². The SMILES string of the molecule is O=C(C(=Nc1ccc(F)cc1)c1ccccc1)c1ccccc1. The zero-order valence-corrected chi connectivity index (χ0v) is 12.3. The monoisotopic (exact) mass is 303 g/mol. The van der Waals surface area contributed by atoms with Gasteiger partial charge in [-0.25, -0.2) is 9.38 Å². The fraction of sp³-hybridized carbons (Fsp3) is 0. The van der Waals surface area contributed by atoms with Crippen LogP contribution in [0.4, 0.5) is 10.1 Å². The summed E-state index contributed by atoms with van der Waals surface area (Å²) in [5, 5.41) is 0. The summed E-state index contributed by atoms with van der Waals surface area (Å²) in [5.41, 5.74) is 2.17. The highest BCUT2D eigenvalue weighted by molar-refractivity contribution is 6.51. The minimum absolute atomic E-state index is 0.166. The van der Waals surface area contributed by atoms with Gasteiger partial charge in [0.1, 0.15) is 11.5 Å². The van der Waals surface area contributed by atoms with E-state index in [1.165, 1.54) is 12.1 Å². The Bertz CT molecular complexity index is 825. The van der Waals surface area contributed by atoms with E-state index in [4.69, 9.17) is 0 Å². The molecular weight excluding hydrogens is 289 g/mol. The molecule has 23 heavy (non-hydrogen) atoms. The van der Waals surface area contributed by atoms with Crippen molar-refractivity contribution in [2.75, 3.05) is 0 Å². The van der Waals surface area contributed by atoms with E-state index in [0.717, 1.165) is 5.56 Å². The lowest BCUT2D eigenvalue weighted by Gasteiger charge is -2.07. The Morgan fingerprint density at radius 3 is 1.78 bits per heavy atom.